The van der Waals surface area contributed by atoms with Crippen LogP contribution >= 0.6 is 12.2 Å². The fourth-order valence-electron chi connectivity index (χ4n) is 6.46. The summed E-state index contributed by atoms with van der Waals surface area (Å²) in [6, 6.07) is 0. The number of nitrogens with zero attached hydrogens (tertiary/aromatic N) is 1. The third-order valence-electron chi connectivity index (χ3n) is 9.77. The average molecular weight is 787 g/mol. The van der Waals surface area contributed by atoms with Crippen molar-refractivity contribution in [2.24, 2.45) is 10.9 Å². The van der Waals surface area contributed by atoms with E-state index in [-0.39, 0.29) is 12.1 Å². The number of carbonyl (C=O) groups excluding carboxylic acids is 4. The van der Waals surface area contributed by atoms with Crippen molar-refractivity contribution in [3.05, 3.63) is 23.1 Å². The van der Waals surface area contributed by atoms with Crippen LogP contribution in [0.25, 0.3) is 0 Å². The third kappa shape index (κ3) is 8.93. The second kappa shape index (κ2) is 18.1. The Hall–Kier alpha value is -3.98. The Bertz CT molecular complexity index is 1610. The second-order valence-corrected chi connectivity index (χ2v) is 13.3. The van der Waals surface area contributed by atoms with Gasteiger partial charge in [0, 0.05) is 20.5 Å². The van der Waals surface area contributed by atoms with Gasteiger partial charge in [-0.05, 0) is 39.4 Å². The Morgan fingerprint density at radius 1 is 1.19 bits per heavy atom. The van der Waals surface area contributed by atoms with Crippen molar-refractivity contribution in [1.82, 2.24) is 0 Å². The predicted molar refractivity (Wildman–Crippen MR) is 184 cm³/mol. The van der Waals surface area contributed by atoms with Crippen LogP contribution in [0.15, 0.2) is 28.1 Å². The lowest BCUT2D eigenvalue weighted by Crippen LogP contribution is -2.70. The molecule has 0 spiro atoms. The highest BCUT2D eigenvalue weighted by Crippen LogP contribution is 2.42. The minimum atomic E-state index is -3.03. The van der Waals surface area contributed by atoms with Crippen LogP contribution in [0.3, 0.4) is 0 Å². The van der Waals surface area contributed by atoms with Gasteiger partial charge in [0.1, 0.15) is 54.2 Å². The molecular weight excluding hydrogens is 740 g/mol. The summed E-state index contributed by atoms with van der Waals surface area (Å²) in [6.45, 7) is 8.03. The number of hydrogen-bond donors (Lipinski definition) is 6. The van der Waals surface area contributed by atoms with Gasteiger partial charge in [-0.1, -0.05) is 19.9 Å². The standard InChI is InChI=1S/C34H46N2O17S/c1-8-14(3)31(43)50-16(5)34(46)15(4)49-22(10-21(34)47-7)52-27-25(39)29(33(45)11-19(38)24(35)23(28(33)40)30(41)42)51-20(12-48-17(6)37)26(27)53-32(44)18(9-2)36-13-54/h9,14-16,20-22,25-27,29,35,39-40,45-46H,8,10-12H2,1-7H3,(H,41,42)/b18-9-,35-24?/t14-,15-,16-,20+,21+,22-,25+,26+,27-,29+,33+,34+/m0/s1. The summed E-state index contributed by atoms with van der Waals surface area (Å²) >= 11 is 4.60. The molecule has 0 saturated carbocycles. The number of thiocarbonyl (C=S) groups is 1. The number of aliphatic imine (C=N–C) groups is 1. The summed E-state index contributed by atoms with van der Waals surface area (Å²) in [5.41, 5.74) is -7.74. The number of aliphatic hydroxyl groups excluding tert-OH is 2. The monoisotopic (exact) mass is 786 g/mol. The van der Waals surface area contributed by atoms with Gasteiger partial charge in [0.25, 0.3) is 0 Å². The lowest BCUT2D eigenvalue weighted by molar-refractivity contribution is -0.345. The SMILES string of the molecule is C/C=C(\N=C=S)C(=O)O[C@H]1[C@@H](O[C@H]2C[C@@H](OC)[C@](O)([C@H](C)OC(=O)[C@@H](C)CC)[C@H](C)O2)[C@@H](O)[C@H]([C@@]2(O)CC(=O)C(=N)C(C(=O)O)=C2O)O[C@@H]1COC(C)=O. The average Bonchev–Trinajstić information content (AvgIpc) is 3.11. The summed E-state index contributed by atoms with van der Waals surface area (Å²) in [7, 11) is 1.27. The van der Waals surface area contributed by atoms with E-state index in [4.69, 9.17) is 38.6 Å². The molecule has 0 aromatic heterocycles. The molecule has 54 heavy (non-hydrogen) atoms. The van der Waals surface area contributed by atoms with E-state index in [1.165, 1.54) is 34.0 Å². The van der Waals surface area contributed by atoms with Gasteiger partial charge in [0.15, 0.2) is 35.1 Å². The molecule has 0 aromatic rings. The Morgan fingerprint density at radius 3 is 2.37 bits per heavy atom. The van der Waals surface area contributed by atoms with E-state index in [1.807, 2.05) is 5.16 Å². The molecule has 0 unspecified atom stereocenters. The number of aliphatic hydroxyl groups is 4. The largest absolute Gasteiger partial charge is 0.508 e. The number of Topliss-reactive ketones (excluding diaryl/α,β-unsaturated/α-hetero) is 1. The molecule has 19 nitrogen and oxygen atoms in total. The maximum absolute atomic E-state index is 13.3. The Labute approximate surface area is 315 Å². The van der Waals surface area contributed by atoms with Crippen molar-refractivity contribution < 1.29 is 82.7 Å². The van der Waals surface area contributed by atoms with Gasteiger partial charge < -0.3 is 58.7 Å². The second-order valence-electron chi connectivity index (χ2n) is 13.1. The molecule has 0 radical (unpaired) electrons. The van der Waals surface area contributed by atoms with Gasteiger partial charge in [0.2, 0.25) is 0 Å². The van der Waals surface area contributed by atoms with E-state index in [0.29, 0.717) is 6.42 Å². The van der Waals surface area contributed by atoms with Crippen molar-refractivity contribution in [1.29, 1.82) is 5.41 Å². The van der Waals surface area contributed by atoms with Gasteiger partial charge in [-0.25, -0.2) is 9.59 Å². The van der Waals surface area contributed by atoms with Crippen molar-refractivity contribution in [2.45, 2.75) is 127 Å². The zero-order valence-corrected chi connectivity index (χ0v) is 31.5. The Kier molecular flexibility index (Phi) is 14.9. The highest BCUT2D eigenvalue weighted by atomic mass is 32.1. The van der Waals surface area contributed by atoms with E-state index >= 15 is 0 Å². The van der Waals surface area contributed by atoms with Crippen LogP contribution in [0.4, 0.5) is 0 Å². The highest BCUT2D eigenvalue weighted by Gasteiger charge is 2.62. The van der Waals surface area contributed by atoms with Crippen molar-refractivity contribution in [2.75, 3.05) is 13.7 Å². The number of nitrogens with one attached hydrogen (secondary N) is 1. The quantitative estimate of drug-likeness (QED) is 0.0458. The molecule has 20 heteroatoms. The number of carboxylic acid groups (broad SMARTS) is 1. The van der Waals surface area contributed by atoms with Crippen LogP contribution in [-0.4, -0.2) is 146 Å². The first-order valence-electron chi connectivity index (χ1n) is 16.9. The number of methoxy groups -OCH3 is 1. The molecule has 3 rings (SSSR count). The summed E-state index contributed by atoms with van der Waals surface area (Å²) in [5, 5.41) is 66.2. The molecule has 12 atom stereocenters. The Balaban J connectivity index is 2.14. The van der Waals surface area contributed by atoms with Crippen LogP contribution in [0.2, 0.25) is 0 Å². The lowest BCUT2D eigenvalue weighted by atomic mass is 9.74. The molecule has 300 valence electrons. The number of carboxylic acids is 1. The number of ketones is 1. The molecular formula is C34H46N2O17S. The minimum absolute atomic E-state index is 0.323. The van der Waals surface area contributed by atoms with Crippen molar-refractivity contribution in [3.8, 4) is 0 Å². The number of rotatable bonds is 14. The first-order valence-corrected chi connectivity index (χ1v) is 17.3. The molecule has 1 aliphatic carbocycles. The smallest absolute Gasteiger partial charge is 0.357 e. The maximum Gasteiger partial charge on any atom is 0.357 e. The van der Waals surface area contributed by atoms with E-state index in [9.17, 15) is 49.5 Å². The first kappa shape index (κ1) is 44.4. The normalized spacial score (nSPS) is 34.3. The fraction of sp³-hybridized carbons (Fsp3) is 0.676. The number of aliphatic carboxylic acids is 1. The van der Waals surface area contributed by atoms with Gasteiger partial charge in [0.05, 0.1) is 29.7 Å². The summed E-state index contributed by atoms with van der Waals surface area (Å²) in [4.78, 5) is 66.3. The van der Waals surface area contributed by atoms with E-state index in [0.717, 1.165) is 6.92 Å². The van der Waals surface area contributed by atoms with Gasteiger partial charge >= 0.3 is 23.9 Å². The molecule has 2 fully saturated rings. The topological polar surface area (TPSA) is 287 Å². The molecule has 2 heterocycles. The molecule has 0 amide bonds. The van der Waals surface area contributed by atoms with E-state index < -0.39 is 132 Å². The zero-order valence-electron chi connectivity index (χ0n) is 30.7. The number of ether oxygens (including phenoxy) is 7. The van der Waals surface area contributed by atoms with Gasteiger partial charge in [-0.15, -0.1) is 0 Å². The van der Waals surface area contributed by atoms with Crippen LogP contribution in [-0.2, 0) is 57.1 Å². The lowest BCUT2D eigenvalue weighted by Gasteiger charge is -2.52. The molecule has 2 saturated heterocycles. The predicted octanol–water partition coefficient (Wildman–Crippen LogP) is 0.461. The maximum atomic E-state index is 13.3. The molecule has 0 aromatic carbocycles. The van der Waals surface area contributed by atoms with Gasteiger partial charge in [-0.3, -0.25) is 19.8 Å². The number of esters is 3. The van der Waals surface area contributed by atoms with Crippen LogP contribution in [0, 0.1) is 11.3 Å². The minimum Gasteiger partial charge on any atom is -0.508 e. The van der Waals surface area contributed by atoms with Crippen LogP contribution in [0.1, 0.15) is 60.8 Å². The molecule has 3 aliphatic rings. The third-order valence-corrected chi connectivity index (χ3v) is 9.86. The first-order chi connectivity index (χ1) is 25.2. The number of allylic oxidation sites excluding steroid dienone is 1. The summed E-state index contributed by atoms with van der Waals surface area (Å²) < 4.78 is 40.0. The number of isothiocyanates is 1. The zero-order chi connectivity index (χ0) is 40.9. The van der Waals surface area contributed by atoms with Crippen LogP contribution in [0.5, 0.6) is 0 Å². The molecule has 0 bridgehead atoms. The van der Waals surface area contributed by atoms with E-state index in [1.54, 1.807) is 13.8 Å². The number of carbonyl (C=O) groups is 5. The fourth-order valence-corrected chi connectivity index (χ4v) is 6.56. The van der Waals surface area contributed by atoms with E-state index in [2.05, 4.69) is 17.2 Å². The van der Waals surface area contributed by atoms with Crippen LogP contribution < -0.4 is 0 Å². The van der Waals surface area contributed by atoms with Gasteiger partial charge in [-0.2, -0.15) is 4.99 Å². The summed E-state index contributed by atoms with van der Waals surface area (Å²) in [6.07, 6.45) is -14.5. The van der Waals surface area contributed by atoms with Crippen molar-refractivity contribution >= 4 is 52.8 Å². The highest BCUT2D eigenvalue weighted by molar-refractivity contribution is 7.78. The Morgan fingerprint density at radius 2 is 1.83 bits per heavy atom. The van der Waals surface area contributed by atoms with Crippen molar-refractivity contribution in [3.63, 3.8) is 0 Å². The molecule has 6 N–H and O–H groups in total. The summed E-state index contributed by atoms with van der Waals surface area (Å²) in [5.74, 6) is -7.65. The molecule has 2 aliphatic heterocycles. The number of hydrogen-bond acceptors (Lipinski definition) is 19.